The smallest absolute Gasteiger partial charge is 0.269 e. The number of non-ortho nitro benzene ring substituents is 1. The van der Waals surface area contributed by atoms with E-state index in [2.05, 4.69) is 15.6 Å². The average Bonchev–Trinajstić information content (AvgIpc) is 3.34. The van der Waals surface area contributed by atoms with Crippen molar-refractivity contribution in [3.63, 3.8) is 0 Å². The molecular formula is C23H38Cl2N8O5. The van der Waals surface area contributed by atoms with Crippen molar-refractivity contribution < 1.29 is 19.3 Å². The normalized spacial score (nSPS) is 16.6. The van der Waals surface area contributed by atoms with Gasteiger partial charge in [0.2, 0.25) is 17.7 Å². The fourth-order valence-electron chi connectivity index (χ4n) is 3.93. The second-order valence-corrected chi connectivity index (χ2v) is 8.90. The van der Waals surface area contributed by atoms with Gasteiger partial charge < -0.3 is 32.7 Å². The summed E-state index contributed by atoms with van der Waals surface area (Å²) < 4.78 is 0. The van der Waals surface area contributed by atoms with Crippen molar-refractivity contribution in [3.05, 3.63) is 34.4 Å². The van der Waals surface area contributed by atoms with Crippen molar-refractivity contribution in [1.29, 1.82) is 0 Å². The fraction of sp³-hybridized carbons (Fsp3) is 0.565. The van der Waals surface area contributed by atoms with Crippen molar-refractivity contribution in [1.82, 2.24) is 10.2 Å². The van der Waals surface area contributed by atoms with Crippen molar-refractivity contribution in [2.45, 2.75) is 64.1 Å². The van der Waals surface area contributed by atoms with E-state index < -0.39 is 34.9 Å². The summed E-state index contributed by atoms with van der Waals surface area (Å²) in [5.74, 6) is -1.33. The lowest BCUT2D eigenvalue weighted by atomic mass is 9.98. The molecule has 1 heterocycles. The van der Waals surface area contributed by atoms with Gasteiger partial charge >= 0.3 is 0 Å². The van der Waals surface area contributed by atoms with E-state index in [1.54, 1.807) is 0 Å². The van der Waals surface area contributed by atoms with E-state index in [1.807, 2.05) is 13.8 Å². The Balaban J connectivity index is 0.00000684. The molecule has 0 radical (unpaired) electrons. The molecular weight excluding hydrogens is 539 g/mol. The summed E-state index contributed by atoms with van der Waals surface area (Å²) >= 11 is 0. The van der Waals surface area contributed by atoms with Gasteiger partial charge in [0.1, 0.15) is 12.1 Å². The van der Waals surface area contributed by atoms with Gasteiger partial charge in [-0.25, -0.2) is 0 Å². The third kappa shape index (κ3) is 9.95. The number of halogens is 2. The number of rotatable bonds is 12. The van der Waals surface area contributed by atoms with Crippen LogP contribution in [0, 0.1) is 16.0 Å². The maximum atomic E-state index is 13.2. The molecule has 0 spiro atoms. The van der Waals surface area contributed by atoms with E-state index >= 15 is 0 Å². The number of carbonyl (C=O) groups is 3. The highest BCUT2D eigenvalue weighted by atomic mass is 35.5. The largest absolute Gasteiger partial charge is 0.370 e. The van der Waals surface area contributed by atoms with E-state index in [-0.39, 0.29) is 61.3 Å². The summed E-state index contributed by atoms with van der Waals surface area (Å²) in [6, 6.07) is 2.98. The fourth-order valence-corrected chi connectivity index (χ4v) is 3.93. The molecule has 1 aliphatic heterocycles. The SMILES string of the molecule is CCC(C)C(N)C(=O)N1CCCC1C(=O)NC(CCCN=C(N)N)C(=O)Nc1ccc([N+](=O)[O-])cc1.Cl.Cl. The number of guanidine groups is 1. The lowest BCUT2D eigenvalue weighted by molar-refractivity contribution is -0.384. The number of nitrogens with zero attached hydrogens (tertiary/aromatic N) is 3. The number of hydrogen-bond acceptors (Lipinski definition) is 7. The Hall–Kier alpha value is -3.16. The van der Waals surface area contributed by atoms with Crippen LogP contribution in [0.25, 0.3) is 0 Å². The third-order valence-corrected chi connectivity index (χ3v) is 6.30. The first-order chi connectivity index (χ1) is 17.0. The molecule has 15 heteroatoms. The molecule has 1 aromatic rings. The molecule has 13 nitrogen and oxygen atoms in total. The van der Waals surface area contributed by atoms with Gasteiger partial charge in [0.15, 0.2) is 5.96 Å². The molecule has 4 atom stereocenters. The lowest BCUT2D eigenvalue weighted by Gasteiger charge is -2.30. The number of hydrogen-bond donors (Lipinski definition) is 5. The number of nitro groups is 1. The van der Waals surface area contributed by atoms with Crippen LogP contribution in [0.15, 0.2) is 29.3 Å². The number of nitrogens with one attached hydrogen (secondary N) is 2. The molecule has 1 aliphatic rings. The topological polar surface area (TPSA) is 212 Å². The summed E-state index contributed by atoms with van der Waals surface area (Å²) in [4.78, 5) is 54.8. The first-order valence-corrected chi connectivity index (χ1v) is 12.0. The van der Waals surface area contributed by atoms with Gasteiger partial charge in [0.05, 0.1) is 11.0 Å². The quantitative estimate of drug-likeness (QED) is 0.0800. The van der Waals surface area contributed by atoms with Gasteiger partial charge in [-0.3, -0.25) is 29.5 Å². The summed E-state index contributed by atoms with van der Waals surface area (Å²) in [7, 11) is 0. The van der Waals surface area contributed by atoms with E-state index in [0.717, 1.165) is 6.42 Å². The molecule has 2 rings (SSSR count). The van der Waals surface area contributed by atoms with Gasteiger partial charge in [-0.05, 0) is 43.7 Å². The summed E-state index contributed by atoms with van der Waals surface area (Å²) in [5.41, 5.74) is 17.0. The van der Waals surface area contributed by atoms with Gasteiger partial charge in [0.25, 0.3) is 5.69 Å². The lowest BCUT2D eigenvalue weighted by Crippen LogP contribution is -2.55. The highest BCUT2D eigenvalue weighted by Gasteiger charge is 2.38. The first-order valence-electron chi connectivity index (χ1n) is 12.0. The van der Waals surface area contributed by atoms with Gasteiger partial charge in [-0.2, -0.15) is 0 Å². The van der Waals surface area contributed by atoms with Gasteiger partial charge in [0, 0.05) is 30.9 Å². The van der Waals surface area contributed by atoms with Crippen molar-refractivity contribution >= 4 is 59.9 Å². The van der Waals surface area contributed by atoms with Crippen LogP contribution >= 0.6 is 24.8 Å². The highest BCUT2D eigenvalue weighted by Crippen LogP contribution is 2.21. The third-order valence-electron chi connectivity index (χ3n) is 6.30. The Kier molecular flexibility index (Phi) is 15.3. The van der Waals surface area contributed by atoms with Crippen LogP contribution in [-0.2, 0) is 14.4 Å². The number of nitro benzene ring substituents is 1. The average molecular weight is 578 g/mol. The number of likely N-dealkylation sites (tertiary alicyclic amines) is 1. The molecule has 0 saturated carbocycles. The Bertz CT molecular complexity index is 975. The standard InChI is InChI=1S/C23H36N8O5.2ClH/c1-3-14(2)19(24)22(34)30-13-5-7-18(30)21(33)29-17(6-4-12-27-23(25)26)20(32)28-15-8-10-16(11-9-15)31(35)36;;/h8-11,14,17-19H,3-7,12-13,24H2,1-2H3,(H,28,32)(H,29,33)(H4,25,26,27);2*1H. The zero-order valence-corrected chi connectivity index (χ0v) is 23.1. The molecule has 1 aromatic carbocycles. The number of aliphatic imine (C=N–C) groups is 1. The number of nitrogens with two attached hydrogens (primary N) is 3. The second kappa shape index (κ2) is 16.6. The molecule has 214 valence electrons. The molecule has 8 N–H and O–H groups in total. The molecule has 0 bridgehead atoms. The minimum atomic E-state index is -0.942. The van der Waals surface area contributed by atoms with E-state index in [0.29, 0.717) is 31.5 Å². The zero-order chi connectivity index (χ0) is 26.8. The van der Waals surface area contributed by atoms with E-state index in [9.17, 15) is 24.5 Å². The number of amides is 3. The number of benzene rings is 1. The Morgan fingerprint density at radius 1 is 1.21 bits per heavy atom. The minimum absolute atomic E-state index is 0. The van der Waals surface area contributed by atoms with Crippen LogP contribution in [0.2, 0.25) is 0 Å². The summed E-state index contributed by atoms with van der Waals surface area (Å²) in [6.07, 6.45) is 2.49. The first kappa shape index (κ1) is 34.8. The van der Waals surface area contributed by atoms with Crippen molar-refractivity contribution in [2.24, 2.45) is 28.1 Å². The molecule has 38 heavy (non-hydrogen) atoms. The summed E-state index contributed by atoms with van der Waals surface area (Å²) in [5, 5.41) is 16.3. The monoisotopic (exact) mass is 576 g/mol. The molecule has 4 unspecified atom stereocenters. The molecule has 0 aromatic heterocycles. The highest BCUT2D eigenvalue weighted by molar-refractivity contribution is 5.98. The van der Waals surface area contributed by atoms with Crippen LogP contribution in [0.1, 0.15) is 46.0 Å². The van der Waals surface area contributed by atoms with E-state index in [4.69, 9.17) is 17.2 Å². The summed E-state index contributed by atoms with van der Waals surface area (Å²) in [6.45, 7) is 4.52. The molecule has 0 aliphatic carbocycles. The van der Waals surface area contributed by atoms with Crippen molar-refractivity contribution in [3.8, 4) is 0 Å². The Morgan fingerprint density at radius 2 is 1.84 bits per heavy atom. The molecule has 1 saturated heterocycles. The van der Waals surface area contributed by atoms with Crippen LogP contribution in [0.3, 0.4) is 0 Å². The van der Waals surface area contributed by atoms with Crippen LogP contribution in [-0.4, -0.2) is 64.7 Å². The molecule has 1 fully saturated rings. The van der Waals surface area contributed by atoms with Gasteiger partial charge in [-0.1, -0.05) is 20.3 Å². The van der Waals surface area contributed by atoms with Crippen LogP contribution in [0.5, 0.6) is 0 Å². The number of carbonyl (C=O) groups excluding carboxylic acids is 3. The predicted molar refractivity (Wildman–Crippen MR) is 150 cm³/mol. The maximum absolute atomic E-state index is 13.2. The Morgan fingerprint density at radius 3 is 2.39 bits per heavy atom. The zero-order valence-electron chi connectivity index (χ0n) is 21.5. The second-order valence-electron chi connectivity index (χ2n) is 8.90. The van der Waals surface area contributed by atoms with Gasteiger partial charge in [-0.15, -0.1) is 24.8 Å². The van der Waals surface area contributed by atoms with Crippen LogP contribution in [0.4, 0.5) is 11.4 Å². The number of anilines is 1. The Labute approximate surface area is 234 Å². The van der Waals surface area contributed by atoms with Crippen LogP contribution < -0.4 is 27.8 Å². The predicted octanol–water partition coefficient (Wildman–Crippen LogP) is 1.28. The minimum Gasteiger partial charge on any atom is -0.370 e. The maximum Gasteiger partial charge on any atom is 0.269 e. The van der Waals surface area contributed by atoms with E-state index in [1.165, 1.54) is 29.2 Å². The van der Waals surface area contributed by atoms with Crippen molar-refractivity contribution in [2.75, 3.05) is 18.4 Å². The molecule has 3 amide bonds.